The van der Waals surface area contributed by atoms with Crippen molar-refractivity contribution in [2.24, 2.45) is 0 Å². The largest absolute Gasteiger partial charge is 0.490 e. The lowest BCUT2D eigenvalue weighted by Crippen LogP contribution is -2.53. The predicted octanol–water partition coefficient (Wildman–Crippen LogP) is 4.81. The van der Waals surface area contributed by atoms with Gasteiger partial charge in [-0.05, 0) is 56.9 Å². The van der Waals surface area contributed by atoms with Gasteiger partial charge in [-0.25, -0.2) is 4.79 Å². The number of morpholine rings is 1. The molecule has 1 saturated carbocycles. The summed E-state index contributed by atoms with van der Waals surface area (Å²) in [5.41, 5.74) is 1.40. The molecule has 2 aromatic rings. The Morgan fingerprint density at radius 2 is 1.77 bits per heavy atom. The third kappa shape index (κ3) is 8.86. The van der Waals surface area contributed by atoms with Crippen molar-refractivity contribution in [1.29, 1.82) is 0 Å². The van der Waals surface area contributed by atoms with Crippen LogP contribution in [0, 0.1) is 0 Å². The van der Waals surface area contributed by atoms with Crippen LogP contribution in [0.5, 0.6) is 11.5 Å². The van der Waals surface area contributed by atoms with Crippen molar-refractivity contribution in [1.82, 2.24) is 9.80 Å². The van der Waals surface area contributed by atoms with E-state index in [2.05, 4.69) is 0 Å². The highest BCUT2D eigenvalue weighted by Crippen LogP contribution is 2.33. The van der Waals surface area contributed by atoms with Crippen molar-refractivity contribution in [3.8, 4) is 11.5 Å². The lowest BCUT2D eigenvalue weighted by molar-refractivity contribution is -0.150. The minimum Gasteiger partial charge on any atom is -0.490 e. The number of nitrogens with zero attached hydrogens (tertiary/aromatic N) is 2. The summed E-state index contributed by atoms with van der Waals surface area (Å²) in [6, 6.07) is 16.0. The summed E-state index contributed by atoms with van der Waals surface area (Å²) in [6.07, 6.45) is 1.51. The van der Waals surface area contributed by atoms with E-state index in [1.807, 2.05) is 74.2 Å². The molecule has 0 spiro atoms. The van der Waals surface area contributed by atoms with Crippen LogP contribution in [-0.2, 0) is 32.2 Å². The molecule has 1 saturated heterocycles. The molecule has 218 valence electrons. The lowest BCUT2D eigenvalue weighted by Gasteiger charge is -2.36. The van der Waals surface area contributed by atoms with Gasteiger partial charge in [0.2, 0.25) is 0 Å². The van der Waals surface area contributed by atoms with E-state index in [1.165, 1.54) is 0 Å². The first-order valence-electron chi connectivity index (χ1n) is 14.0. The third-order valence-electron chi connectivity index (χ3n) is 6.61. The molecule has 2 aliphatic rings. The Hall–Kier alpha value is -3.30. The summed E-state index contributed by atoms with van der Waals surface area (Å²) in [5, 5.41) is 0. The quantitative estimate of drug-likeness (QED) is 0.348. The summed E-state index contributed by atoms with van der Waals surface area (Å²) >= 11 is 0. The van der Waals surface area contributed by atoms with Gasteiger partial charge < -0.3 is 33.5 Å². The SMILES string of the molecule is COCCCOc1cc(CN(C(=O)[C@H]2CN(C(=O)OC(C)(C)C)CCO2)C2CC2)ccc1OCc1ccccc1. The molecular weight excluding hydrogens is 512 g/mol. The molecule has 1 heterocycles. The highest BCUT2D eigenvalue weighted by molar-refractivity contribution is 5.83. The Morgan fingerprint density at radius 1 is 1.00 bits per heavy atom. The van der Waals surface area contributed by atoms with Gasteiger partial charge in [0, 0.05) is 39.3 Å². The van der Waals surface area contributed by atoms with Crippen molar-refractivity contribution in [3.63, 3.8) is 0 Å². The summed E-state index contributed by atoms with van der Waals surface area (Å²) in [6.45, 7) is 8.29. The maximum Gasteiger partial charge on any atom is 0.410 e. The molecule has 40 heavy (non-hydrogen) atoms. The van der Waals surface area contributed by atoms with Gasteiger partial charge in [0.25, 0.3) is 5.91 Å². The Kier molecular flexibility index (Phi) is 10.3. The second kappa shape index (κ2) is 13.9. The molecule has 9 heteroatoms. The van der Waals surface area contributed by atoms with E-state index >= 15 is 0 Å². The van der Waals surface area contributed by atoms with E-state index in [0.717, 1.165) is 30.4 Å². The van der Waals surface area contributed by atoms with E-state index in [9.17, 15) is 9.59 Å². The number of ether oxygens (including phenoxy) is 5. The van der Waals surface area contributed by atoms with Crippen molar-refractivity contribution in [3.05, 3.63) is 59.7 Å². The van der Waals surface area contributed by atoms with E-state index in [0.29, 0.717) is 51.0 Å². The number of hydrogen-bond acceptors (Lipinski definition) is 7. The highest BCUT2D eigenvalue weighted by Gasteiger charge is 2.39. The van der Waals surface area contributed by atoms with Crippen molar-refractivity contribution >= 4 is 12.0 Å². The standard InChI is InChI=1S/C31H42N2O7/c1-31(2,3)40-30(35)32-15-18-38-28(21-32)29(34)33(25-12-13-25)20-24-11-14-26(27(19-24)37-17-8-16-36-4)39-22-23-9-6-5-7-10-23/h5-7,9-11,14,19,25,28H,8,12-13,15-18,20-22H2,1-4H3/t28-/m1/s1. The van der Waals surface area contributed by atoms with Gasteiger partial charge in [0.05, 0.1) is 19.8 Å². The average molecular weight is 555 g/mol. The molecule has 0 unspecified atom stereocenters. The molecule has 2 amide bonds. The Balaban J connectivity index is 1.44. The van der Waals surface area contributed by atoms with Gasteiger partial charge in [0.15, 0.2) is 17.6 Å². The monoisotopic (exact) mass is 554 g/mol. The molecule has 1 aliphatic carbocycles. The van der Waals surface area contributed by atoms with Gasteiger partial charge in [-0.15, -0.1) is 0 Å². The predicted molar refractivity (Wildman–Crippen MR) is 150 cm³/mol. The smallest absolute Gasteiger partial charge is 0.410 e. The molecule has 2 aromatic carbocycles. The lowest BCUT2D eigenvalue weighted by atomic mass is 10.1. The van der Waals surface area contributed by atoms with Crippen molar-refractivity contribution < 1.29 is 33.3 Å². The molecule has 0 aromatic heterocycles. The Labute approximate surface area is 237 Å². The Morgan fingerprint density at radius 3 is 2.48 bits per heavy atom. The minimum atomic E-state index is -0.722. The molecule has 9 nitrogen and oxygen atoms in total. The molecule has 1 aliphatic heterocycles. The fraction of sp³-hybridized carbons (Fsp3) is 0.548. The normalized spacial score (nSPS) is 17.3. The maximum atomic E-state index is 13.6. The van der Waals surface area contributed by atoms with Gasteiger partial charge >= 0.3 is 6.09 Å². The highest BCUT2D eigenvalue weighted by atomic mass is 16.6. The summed E-state index contributed by atoms with van der Waals surface area (Å²) in [7, 11) is 1.67. The zero-order chi connectivity index (χ0) is 28.5. The van der Waals surface area contributed by atoms with Crippen molar-refractivity contribution in [2.45, 2.75) is 70.9 Å². The van der Waals surface area contributed by atoms with Gasteiger partial charge in [-0.2, -0.15) is 0 Å². The zero-order valence-corrected chi connectivity index (χ0v) is 24.1. The summed E-state index contributed by atoms with van der Waals surface area (Å²) in [5.74, 6) is 1.18. The number of amides is 2. The number of benzene rings is 2. The molecule has 0 radical (unpaired) electrons. The fourth-order valence-electron chi connectivity index (χ4n) is 4.45. The third-order valence-corrected chi connectivity index (χ3v) is 6.61. The first-order valence-corrected chi connectivity index (χ1v) is 14.0. The van der Waals surface area contributed by atoms with Gasteiger partial charge in [-0.3, -0.25) is 4.79 Å². The number of hydrogen-bond donors (Lipinski definition) is 0. The molecule has 0 N–H and O–H groups in total. The van der Waals surface area contributed by atoms with E-state index in [4.69, 9.17) is 23.7 Å². The minimum absolute atomic E-state index is 0.109. The first-order chi connectivity index (χ1) is 19.2. The molecule has 0 bridgehead atoms. The van der Waals surface area contributed by atoms with Crippen LogP contribution in [0.4, 0.5) is 4.79 Å². The summed E-state index contributed by atoms with van der Waals surface area (Å²) in [4.78, 5) is 29.7. The summed E-state index contributed by atoms with van der Waals surface area (Å²) < 4.78 is 28.7. The molecule has 1 atom stereocenters. The van der Waals surface area contributed by atoms with Gasteiger partial charge in [-0.1, -0.05) is 36.4 Å². The number of methoxy groups -OCH3 is 1. The van der Waals surface area contributed by atoms with Crippen LogP contribution in [-0.4, -0.2) is 79.6 Å². The van der Waals surface area contributed by atoms with Gasteiger partial charge in [0.1, 0.15) is 12.2 Å². The van der Waals surface area contributed by atoms with E-state index < -0.39 is 17.8 Å². The molecular formula is C31H42N2O7. The molecule has 4 rings (SSSR count). The number of carbonyl (C=O) groups excluding carboxylic acids is 2. The number of rotatable bonds is 12. The Bertz CT molecular complexity index is 1110. The van der Waals surface area contributed by atoms with Crippen LogP contribution in [0.25, 0.3) is 0 Å². The second-order valence-electron chi connectivity index (χ2n) is 11.2. The van der Waals surface area contributed by atoms with E-state index in [-0.39, 0.29) is 18.5 Å². The second-order valence-corrected chi connectivity index (χ2v) is 11.2. The first kappa shape index (κ1) is 29.7. The maximum absolute atomic E-state index is 13.6. The van der Waals surface area contributed by atoms with Crippen LogP contribution in [0.2, 0.25) is 0 Å². The average Bonchev–Trinajstić information content (AvgIpc) is 3.78. The topological polar surface area (TPSA) is 86.8 Å². The van der Waals surface area contributed by atoms with Crippen molar-refractivity contribution in [2.75, 3.05) is 40.0 Å². The van der Waals surface area contributed by atoms with Crippen LogP contribution >= 0.6 is 0 Å². The van der Waals surface area contributed by atoms with E-state index in [1.54, 1.807) is 12.0 Å². The van der Waals surface area contributed by atoms with Crippen LogP contribution in [0.3, 0.4) is 0 Å². The van der Waals surface area contributed by atoms with Crippen LogP contribution in [0.15, 0.2) is 48.5 Å². The zero-order valence-electron chi connectivity index (χ0n) is 24.1. The number of carbonyl (C=O) groups is 2. The molecule has 2 fully saturated rings. The fourth-order valence-corrected chi connectivity index (χ4v) is 4.45. The van der Waals surface area contributed by atoms with Crippen LogP contribution in [0.1, 0.15) is 51.2 Å². The van der Waals surface area contributed by atoms with Crippen LogP contribution < -0.4 is 9.47 Å².